The van der Waals surface area contributed by atoms with Crippen molar-refractivity contribution in [3.05, 3.63) is 0 Å². The number of likely N-dealkylation sites (tertiary alicyclic amines) is 1. The van der Waals surface area contributed by atoms with Crippen LogP contribution in [0, 0.1) is 0 Å². The van der Waals surface area contributed by atoms with Crippen LogP contribution in [0.25, 0.3) is 0 Å². The standard InChI is InChI=1S/C10H18N2O4/c1-2-11-10(15)12-5-3-8(4-6-12)16-7-9(13)14/h8H,2-7H2,1H3,(H,11,15)(H,13,14). The zero-order valence-electron chi connectivity index (χ0n) is 9.44. The van der Waals surface area contributed by atoms with Crippen LogP contribution in [0.1, 0.15) is 19.8 Å². The number of ether oxygens (including phenoxy) is 1. The molecule has 92 valence electrons. The summed E-state index contributed by atoms with van der Waals surface area (Å²) in [6.07, 6.45) is 1.36. The lowest BCUT2D eigenvalue weighted by Gasteiger charge is -2.31. The van der Waals surface area contributed by atoms with Crippen LogP contribution >= 0.6 is 0 Å². The Morgan fingerprint density at radius 1 is 1.44 bits per heavy atom. The average Bonchev–Trinajstić information content (AvgIpc) is 2.27. The predicted octanol–water partition coefficient (Wildman–Crippen LogP) is 0.281. The molecule has 0 aromatic carbocycles. The number of urea groups is 1. The molecule has 16 heavy (non-hydrogen) atoms. The first kappa shape index (κ1) is 12.8. The number of carboxylic acid groups (broad SMARTS) is 1. The zero-order chi connectivity index (χ0) is 12.0. The molecule has 0 unspecified atom stereocenters. The van der Waals surface area contributed by atoms with Crippen LogP contribution in [0.3, 0.4) is 0 Å². The van der Waals surface area contributed by atoms with E-state index >= 15 is 0 Å². The summed E-state index contributed by atoms with van der Waals surface area (Å²) in [5.41, 5.74) is 0. The molecule has 0 radical (unpaired) electrons. The summed E-state index contributed by atoms with van der Waals surface area (Å²) in [5.74, 6) is -0.953. The summed E-state index contributed by atoms with van der Waals surface area (Å²) in [6.45, 7) is 3.48. The van der Waals surface area contributed by atoms with E-state index in [4.69, 9.17) is 9.84 Å². The van der Waals surface area contributed by atoms with Gasteiger partial charge in [0.25, 0.3) is 0 Å². The van der Waals surface area contributed by atoms with Crippen molar-refractivity contribution in [2.24, 2.45) is 0 Å². The van der Waals surface area contributed by atoms with Crippen molar-refractivity contribution >= 4 is 12.0 Å². The van der Waals surface area contributed by atoms with Gasteiger partial charge in [-0.05, 0) is 19.8 Å². The maximum atomic E-state index is 11.5. The molecule has 0 spiro atoms. The molecule has 0 aromatic heterocycles. The number of nitrogens with one attached hydrogen (secondary N) is 1. The van der Waals surface area contributed by atoms with Gasteiger partial charge >= 0.3 is 12.0 Å². The maximum Gasteiger partial charge on any atom is 0.329 e. The second kappa shape index (κ2) is 6.32. The molecular formula is C10H18N2O4. The van der Waals surface area contributed by atoms with Crippen LogP contribution in [-0.2, 0) is 9.53 Å². The Labute approximate surface area is 94.6 Å². The van der Waals surface area contributed by atoms with E-state index in [-0.39, 0.29) is 18.7 Å². The topological polar surface area (TPSA) is 78.9 Å². The van der Waals surface area contributed by atoms with Crippen molar-refractivity contribution in [3.63, 3.8) is 0 Å². The molecule has 0 atom stereocenters. The fourth-order valence-electron chi connectivity index (χ4n) is 1.68. The predicted molar refractivity (Wildman–Crippen MR) is 57.3 cm³/mol. The molecule has 1 saturated heterocycles. The number of carbonyl (C=O) groups excluding carboxylic acids is 1. The maximum absolute atomic E-state index is 11.5. The monoisotopic (exact) mass is 230 g/mol. The molecule has 0 aliphatic carbocycles. The second-order valence-corrected chi connectivity index (χ2v) is 3.73. The number of amides is 2. The van der Waals surface area contributed by atoms with Crippen LogP contribution < -0.4 is 5.32 Å². The zero-order valence-corrected chi connectivity index (χ0v) is 9.44. The van der Waals surface area contributed by atoms with Crippen LogP contribution in [0.15, 0.2) is 0 Å². The molecule has 6 nitrogen and oxygen atoms in total. The Bertz CT molecular complexity index is 249. The molecule has 2 amide bonds. The van der Waals surface area contributed by atoms with Gasteiger partial charge in [-0.15, -0.1) is 0 Å². The highest BCUT2D eigenvalue weighted by Crippen LogP contribution is 2.13. The van der Waals surface area contributed by atoms with Gasteiger partial charge in [0.2, 0.25) is 0 Å². The quantitative estimate of drug-likeness (QED) is 0.727. The van der Waals surface area contributed by atoms with E-state index in [0.29, 0.717) is 32.5 Å². The number of piperidine rings is 1. The summed E-state index contributed by atoms with van der Waals surface area (Å²) in [7, 11) is 0. The number of carbonyl (C=O) groups is 2. The number of hydrogen-bond acceptors (Lipinski definition) is 3. The van der Waals surface area contributed by atoms with Gasteiger partial charge in [0.05, 0.1) is 6.10 Å². The summed E-state index contributed by atoms with van der Waals surface area (Å²) < 4.78 is 5.17. The number of rotatable bonds is 4. The molecule has 1 rings (SSSR count). The molecule has 0 bridgehead atoms. The van der Waals surface area contributed by atoms with Crippen LogP contribution in [0.2, 0.25) is 0 Å². The minimum absolute atomic E-state index is 0.0400. The lowest BCUT2D eigenvalue weighted by atomic mass is 10.1. The van der Waals surface area contributed by atoms with E-state index in [0.717, 1.165) is 0 Å². The Hall–Kier alpha value is -1.30. The molecule has 1 aliphatic rings. The van der Waals surface area contributed by atoms with Gasteiger partial charge < -0.3 is 20.1 Å². The number of nitrogens with zero attached hydrogens (tertiary/aromatic N) is 1. The van der Waals surface area contributed by atoms with Gasteiger partial charge in [0.1, 0.15) is 6.61 Å². The second-order valence-electron chi connectivity index (χ2n) is 3.73. The van der Waals surface area contributed by atoms with E-state index in [1.54, 1.807) is 4.90 Å². The van der Waals surface area contributed by atoms with Gasteiger partial charge in [-0.25, -0.2) is 9.59 Å². The Kier molecular flexibility index (Phi) is 5.04. The van der Waals surface area contributed by atoms with E-state index in [9.17, 15) is 9.59 Å². The molecular weight excluding hydrogens is 212 g/mol. The highest BCUT2D eigenvalue weighted by Gasteiger charge is 2.23. The van der Waals surface area contributed by atoms with Gasteiger partial charge in [0.15, 0.2) is 0 Å². The third kappa shape index (κ3) is 4.06. The lowest BCUT2D eigenvalue weighted by molar-refractivity contribution is -0.145. The Morgan fingerprint density at radius 3 is 2.56 bits per heavy atom. The normalized spacial score (nSPS) is 17.2. The fraction of sp³-hybridized carbons (Fsp3) is 0.800. The molecule has 1 heterocycles. The minimum atomic E-state index is -0.953. The highest BCUT2D eigenvalue weighted by molar-refractivity contribution is 5.74. The summed E-state index contributed by atoms with van der Waals surface area (Å²) >= 11 is 0. The van der Waals surface area contributed by atoms with E-state index < -0.39 is 5.97 Å². The van der Waals surface area contributed by atoms with Crippen molar-refractivity contribution in [2.75, 3.05) is 26.2 Å². The molecule has 0 saturated carbocycles. The first-order valence-corrected chi connectivity index (χ1v) is 5.49. The largest absolute Gasteiger partial charge is 0.480 e. The third-order valence-corrected chi connectivity index (χ3v) is 2.50. The Balaban J connectivity index is 2.23. The van der Waals surface area contributed by atoms with Gasteiger partial charge in [-0.3, -0.25) is 0 Å². The van der Waals surface area contributed by atoms with Gasteiger partial charge in [-0.2, -0.15) is 0 Å². The van der Waals surface area contributed by atoms with Crippen molar-refractivity contribution in [1.82, 2.24) is 10.2 Å². The molecule has 1 fully saturated rings. The molecule has 2 N–H and O–H groups in total. The Morgan fingerprint density at radius 2 is 2.06 bits per heavy atom. The van der Waals surface area contributed by atoms with Gasteiger partial charge in [-0.1, -0.05) is 0 Å². The summed E-state index contributed by atoms with van der Waals surface area (Å²) in [6, 6.07) is -0.0563. The highest BCUT2D eigenvalue weighted by atomic mass is 16.5. The first-order valence-electron chi connectivity index (χ1n) is 5.49. The SMILES string of the molecule is CCNC(=O)N1CCC(OCC(=O)O)CC1. The van der Waals surface area contributed by atoms with Crippen molar-refractivity contribution < 1.29 is 19.4 Å². The van der Waals surface area contributed by atoms with Crippen molar-refractivity contribution in [3.8, 4) is 0 Å². The van der Waals surface area contributed by atoms with Crippen LogP contribution in [-0.4, -0.2) is 54.4 Å². The van der Waals surface area contributed by atoms with Gasteiger partial charge in [0, 0.05) is 19.6 Å². The van der Waals surface area contributed by atoms with Crippen LogP contribution in [0.4, 0.5) is 4.79 Å². The smallest absolute Gasteiger partial charge is 0.329 e. The summed E-state index contributed by atoms with van der Waals surface area (Å²) in [4.78, 5) is 23.5. The molecule has 1 aliphatic heterocycles. The first-order chi connectivity index (χ1) is 7.63. The summed E-state index contributed by atoms with van der Waals surface area (Å²) in [5, 5.41) is 11.2. The third-order valence-electron chi connectivity index (χ3n) is 2.50. The number of aliphatic carboxylic acids is 1. The van der Waals surface area contributed by atoms with E-state index in [1.807, 2.05) is 6.92 Å². The van der Waals surface area contributed by atoms with Crippen LogP contribution in [0.5, 0.6) is 0 Å². The lowest BCUT2D eigenvalue weighted by Crippen LogP contribution is -2.46. The van der Waals surface area contributed by atoms with E-state index in [1.165, 1.54) is 0 Å². The van der Waals surface area contributed by atoms with Crippen molar-refractivity contribution in [1.29, 1.82) is 0 Å². The number of carboxylic acids is 1. The van der Waals surface area contributed by atoms with E-state index in [2.05, 4.69) is 5.32 Å². The van der Waals surface area contributed by atoms with Crippen molar-refractivity contribution in [2.45, 2.75) is 25.9 Å². The average molecular weight is 230 g/mol. The number of hydrogen-bond donors (Lipinski definition) is 2. The fourth-order valence-corrected chi connectivity index (χ4v) is 1.68. The minimum Gasteiger partial charge on any atom is -0.480 e. The molecule has 0 aromatic rings. The molecule has 6 heteroatoms.